The van der Waals surface area contributed by atoms with Gasteiger partial charge in [0.15, 0.2) is 5.01 Å². The van der Waals surface area contributed by atoms with Gasteiger partial charge >= 0.3 is 0 Å². The molecule has 1 unspecified atom stereocenters. The lowest BCUT2D eigenvalue weighted by Gasteiger charge is -2.13. The van der Waals surface area contributed by atoms with E-state index in [-0.39, 0.29) is 11.8 Å². The van der Waals surface area contributed by atoms with Gasteiger partial charge in [-0.2, -0.15) is 0 Å². The molecule has 0 radical (unpaired) electrons. The highest BCUT2D eigenvalue weighted by molar-refractivity contribution is 7.11. The fourth-order valence-electron chi connectivity index (χ4n) is 2.22. The number of benzene rings is 1. The lowest BCUT2D eigenvalue weighted by molar-refractivity contribution is 0.0968. The number of hydrogen-bond donors (Lipinski definition) is 0. The van der Waals surface area contributed by atoms with Crippen LogP contribution in [0, 0.1) is 0 Å². The molecule has 92 valence electrons. The molecular weight excluding hydrogens is 244 g/mol. The first-order chi connectivity index (χ1) is 8.77. The molecule has 4 heteroatoms. The molecule has 2 aromatic rings. The Morgan fingerprint density at radius 3 is 2.89 bits per heavy atom. The predicted octanol–water partition coefficient (Wildman–Crippen LogP) is 2.77. The van der Waals surface area contributed by atoms with Gasteiger partial charge in [-0.05, 0) is 12.5 Å². The third-order valence-electron chi connectivity index (χ3n) is 3.38. The first-order valence-electron chi connectivity index (χ1n) is 6.02. The number of Topliss-reactive ketones (excluding diaryl/α,β-unsaturated/α-hetero) is 1. The van der Waals surface area contributed by atoms with Crippen LogP contribution in [0.25, 0.3) is 0 Å². The van der Waals surface area contributed by atoms with E-state index in [1.807, 2.05) is 23.6 Å². The summed E-state index contributed by atoms with van der Waals surface area (Å²) in [6.07, 6.45) is 1.69. The molecule has 1 fully saturated rings. The molecule has 1 saturated heterocycles. The number of carbonyl (C=O) groups excluding carboxylic acids is 1. The topological polar surface area (TPSA) is 33.0 Å². The van der Waals surface area contributed by atoms with Crippen LogP contribution in [0.3, 0.4) is 0 Å². The van der Waals surface area contributed by atoms with Crippen LogP contribution in [0.4, 0.5) is 0 Å². The van der Waals surface area contributed by atoms with Crippen LogP contribution in [0.2, 0.25) is 0 Å². The molecule has 1 aromatic carbocycles. The zero-order valence-electron chi connectivity index (χ0n) is 10.1. The van der Waals surface area contributed by atoms with Crippen LogP contribution in [-0.4, -0.2) is 28.3 Å². The molecule has 2 heterocycles. The van der Waals surface area contributed by atoms with Gasteiger partial charge in [0.25, 0.3) is 0 Å². The third kappa shape index (κ3) is 2.09. The Hall–Kier alpha value is -1.52. The smallest absolute Gasteiger partial charge is 0.209 e. The summed E-state index contributed by atoms with van der Waals surface area (Å²) in [4.78, 5) is 18.4. The normalized spacial score (nSPS) is 23.6. The minimum atomic E-state index is 0.0198. The first-order valence-corrected chi connectivity index (χ1v) is 6.90. The summed E-state index contributed by atoms with van der Waals surface area (Å²) in [6, 6.07) is 10.6. The molecule has 0 aliphatic carbocycles. The number of rotatable bonds is 4. The summed E-state index contributed by atoms with van der Waals surface area (Å²) in [5.41, 5.74) is 1.26. The average Bonchev–Trinajstić information content (AvgIpc) is 3.03. The summed E-state index contributed by atoms with van der Waals surface area (Å²) >= 11 is 1.42. The lowest BCUT2D eigenvalue weighted by atomic mass is 10.1. The minimum Gasteiger partial charge on any atom is -0.290 e. The molecule has 3 rings (SSSR count). The number of nitrogens with zero attached hydrogens (tertiary/aromatic N) is 2. The highest BCUT2D eigenvalue weighted by Crippen LogP contribution is 2.33. The fraction of sp³-hybridized carbons (Fsp3) is 0.286. The molecule has 1 aliphatic rings. The van der Waals surface area contributed by atoms with Crippen molar-refractivity contribution in [2.45, 2.75) is 19.0 Å². The van der Waals surface area contributed by atoms with E-state index in [4.69, 9.17) is 0 Å². The number of ketones is 1. The van der Waals surface area contributed by atoms with Gasteiger partial charge < -0.3 is 0 Å². The number of thiazole rings is 1. The van der Waals surface area contributed by atoms with Gasteiger partial charge in [-0.1, -0.05) is 30.3 Å². The maximum absolute atomic E-state index is 12.1. The van der Waals surface area contributed by atoms with Crippen LogP contribution >= 0.6 is 11.3 Å². The Bertz CT molecular complexity index is 538. The predicted molar refractivity (Wildman–Crippen MR) is 71.8 cm³/mol. The Morgan fingerprint density at radius 1 is 1.44 bits per heavy atom. The molecule has 3 atom stereocenters. The zero-order valence-corrected chi connectivity index (χ0v) is 10.9. The van der Waals surface area contributed by atoms with Crippen LogP contribution in [-0.2, 0) is 0 Å². The van der Waals surface area contributed by atoms with Crippen LogP contribution < -0.4 is 0 Å². The second-order valence-corrected chi connectivity index (χ2v) is 5.40. The second kappa shape index (κ2) is 4.63. The summed E-state index contributed by atoms with van der Waals surface area (Å²) in [7, 11) is 0. The summed E-state index contributed by atoms with van der Waals surface area (Å²) in [5, 5.41) is 2.48. The van der Waals surface area contributed by atoms with Crippen molar-refractivity contribution < 1.29 is 4.79 Å². The minimum absolute atomic E-state index is 0.0198. The van der Waals surface area contributed by atoms with Crippen molar-refractivity contribution in [3.63, 3.8) is 0 Å². The van der Waals surface area contributed by atoms with E-state index >= 15 is 0 Å². The van der Waals surface area contributed by atoms with Crippen molar-refractivity contribution >= 4 is 17.1 Å². The van der Waals surface area contributed by atoms with E-state index in [1.54, 1.807) is 6.20 Å². The SMILES string of the molecule is C[C@@H](c1ccccc1)N1C[C@@H]1C(=O)c1nccs1. The van der Waals surface area contributed by atoms with Crippen molar-refractivity contribution in [2.24, 2.45) is 0 Å². The molecule has 0 bridgehead atoms. The van der Waals surface area contributed by atoms with Crippen LogP contribution in [0.5, 0.6) is 0 Å². The monoisotopic (exact) mass is 258 g/mol. The third-order valence-corrected chi connectivity index (χ3v) is 4.16. The molecule has 3 nitrogen and oxygen atoms in total. The van der Waals surface area contributed by atoms with Gasteiger partial charge in [0.1, 0.15) is 0 Å². The summed E-state index contributed by atoms with van der Waals surface area (Å²) < 4.78 is 0. The molecule has 18 heavy (non-hydrogen) atoms. The van der Waals surface area contributed by atoms with Gasteiger partial charge in [0.2, 0.25) is 5.78 Å². The Morgan fingerprint density at radius 2 is 2.22 bits per heavy atom. The van der Waals surface area contributed by atoms with Crippen molar-refractivity contribution in [3.8, 4) is 0 Å². The van der Waals surface area contributed by atoms with Gasteiger partial charge in [-0.3, -0.25) is 9.69 Å². The largest absolute Gasteiger partial charge is 0.290 e. The fourth-order valence-corrected chi connectivity index (χ4v) is 2.85. The Labute approximate surface area is 110 Å². The van der Waals surface area contributed by atoms with Crippen molar-refractivity contribution in [3.05, 3.63) is 52.5 Å². The van der Waals surface area contributed by atoms with Gasteiger partial charge in [-0.15, -0.1) is 11.3 Å². The van der Waals surface area contributed by atoms with Crippen molar-refractivity contribution in [1.82, 2.24) is 9.88 Å². The van der Waals surface area contributed by atoms with Crippen molar-refractivity contribution in [1.29, 1.82) is 0 Å². The van der Waals surface area contributed by atoms with E-state index in [0.29, 0.717) is 11.0 Å². The highest BCUT2D eigenvalue weighted by atomic mass is 32.1. The van der Waals surface area contributed by atoms with Gasteiger partial charge in [0, 0.05) is 24.2 Å². The van der Waals surface area contributed by atoms with Crippen molar-refractivity contribution in [2.75, 3.05) is 6.54 Å². The van der Waals surface area contributed by atoms with Gasteiger partial charge in [-0.25, -0.2) is 4.98 Å². The van der Waals surface area contributed by atoms with E-state index in [9.17, 15) is 4.79 Å². The number of aromatic nitrogens is 1. The summed E-state index contributed by atoms with van der Waals surface area (Å²) in [6.45, 7) is 2.99. The Balaban J connectivity index is 1.69. The van der Waals surface area contributed by atoms with Crippen LogP contribution in [0.1, 0.15) is 28.3 Å². The number of hydrogen-bond acceptors (Lipinski definition) is 4. The molecule has 0 N–H and O–H groups in total. The Kier molecular flexibility index (Phi) is 2.97. The zero-order chi connectivity index (χ0) is 12.5. The first kappa shape index (κ1) is 11.6. The van der Waals surface area contributed by atoms with E-state index in [0.717, 1.165) is 6.54 Å². The maximum atomic E-state index is 12.1. The van der Waals surface area contributed by atoms with Crippen LogP contribution in [0.15, 0.2) is 41.9 Å². The summed E-state index contributed by atoms with van der Waals surface area (Å²) in [5.74, 6) is 0.160. The molecular formula is C14H14N2OS. The second-order valence-electron chi connectivity index (χ2n) is 4.50. The molecule has 0 saturated carbocycles. The van der Waals surface area contributed by atoms with E-state index < -0.39 is 0 Å². The van der Waals surface area contributed by atoms with E-state index in [1.165, 1.54) is 16.9 Å². The van der Waals surface area contributed by atoms with Gasteiger partial charge in [0.05, 0.1) is 6.04 Å². The quantitative estimate of drug-likeness (QED) is 0.624. The molecule has 1 aliphatic heterocycles. The van der Waals surface area contributed by atoms with E-state index in [2.05, 4.69) is 28.9 Å². The molecule has 1 aromatic heterocycles. The lowest BCUT2D eigenvalue weighted by Crippen LogP contribution is -2.15. The highest BCUT2D eigenvalue weighted by Gasteiger charge is 2.44. The molecule has 0 amide bonds. The maximum Gasteiger partial charge on any atom is 0.209 e. The standard InChI is InChI=1S/C14H14N2OS/c1-10(11-5-3-2-4-6-11)16-9-12(16)13(17)14-15-7-8-18-14/h2-8,10,12H,9H2,1H3/t10-,12+,16?/m0/s1. The molecule has 0 spiro atoms. The average molecular weight is 258 g/mol. The number of carbonyl (C=O) groups is 1.